The predicted molar refractivity (Wildman–Crippen MR) is 213 cm³/mol. The van der Waals surface area contributed by atoms with Gasteiger partial charge in [-0.05, 0) is 28.0 Å². The maximum absolute atomic E-state index is 2.40. The molecule has 49 heavy (non-hydrogen) atoms. The van der Waals surface area contributed by atoms with Crippen molar-refractivity contribution in [3.63, 3.8) is 0 Å². The van der Waals surface area contributed by atoms with Gasteiger partial charge in [-0.15, -0.1) is 68.6 Å². The van der Waals surface area contributed by atoms with E-state index in [-0.39, 0.29) is 35.7 Å². The van der Waals surface area contributed by atoms with Crippen LogP contribution in [0.5, 0.6) is 0 Å². The zero-order valence-electron chi connectivity index (χ0n) is 31.6. The number of benzene rings is 4. The molecule has 0 radical (unpaired) electrons. The van der Waals surface area contributed by atoms with Crippen LogP contribution in [0.25, 0.3) is 43.8 Å². The Morgan fingerprint density at radius 3 is 1.73 bits per heavy atom. The van der Waals surface area contributed by atoms with Gasteiger partial charge in [0.1, 0.15) is 0 Å². The second-order valence-electron chi connectivity index (χ2n) is 15.7. The van der Waals surface area contributed by atoms with Crippen LogP contribution in [-0.4, -0.2) is 13.5 Å². The van der Waals surface area contributed by atoms with Crippen molar-refractivity contribution in [2.24, 2.45) is 0 Å². The van der Waals surface area contributed by atoms with Crippen LogP contribution in [0.3, 0.4) is 0 Å². The Kier molecular flexibility index (Phi) is 15.8. The first-order chi connectivity index (χ1) is 22.0. The minimum atomic E-state index is -1.22. The largest absolute Gasteiger partial charge is 1.00 e. The molecule has 0 aliphatic carbocycles. The Morgan fingerprint density at radius 2 is 1.22 bits per heavy atom. The summed E-state index contributed by atoms with van der Waals surface area (Å²) in [5.74, 6) is 0.578. The molecule has 6 aromatic rings. The molecule has 0 unspecified atom stereocenters. The first-order valence-electron chi connectivity index (χ1n) is 17.1. The quantitative estimate of drug-likeness (QED) is 0.136. The minimum Gasteiger partial charge on any atom is -1.00 e. The Labute approximate surface area is 326 Å². The first kappa shape index (κ1) is 43.2. The second kappa shape index (κ2) is 18.0. The van der Waals surface area contributed by atoms with Crippen LogP contribution in [0.15, 0.2) is 103 Å². The molecule has 0 aliphatic rings. The third-order valence-electron chi connectivity index (χ3n) is 8.81. The normalized spacial score (nSPS) is 11.2. The van der Waals surface area contributed by atoms with Gasteiger partial charge in [-0.2, -0.15) is 12.1 Å². The van der Waals surface area contributed by atoms with E-state index in [1.54, 1.807) is 23.3 Å². The molecule has 6 aromatic carbocycles. The van der Waals surface area contributed by atoms with Crippen molar-refractivity contribution in [2.75, 3.05) is 0 Å². The second-order valence-corrected chi connectivity index (χ2v) is 30.1. The van der Waals surface area contributed by atoms with Crippen molar-refractivity contribution in [1.29, 1.82) is 0 Å². The van der Waals surface area contributed by atoms with Gasteiger partial charge in [-0.25, -0.2) is 0 Å². The molecular formula is C44H54Cl2Si2Zr-2. The molecule has 0 heterocycles. The molecule has 0 aromatic heterocycles. The van der Waals surface area contributed by atoms with E-state index in [9.17, 15) is 0 Å². The molecule has 0 aliphatic heterocycles. The SMILES string of the molecule is CC(C)c1cc2c(-c3ccc([Si](C)(C)C)cc3)cccc2[cH-]1.C[Si](C)=[Zr+2].Cc1cc2c(-c3ccc(C(C)(C)C)cc3)ccc(C)c2[cH-]1.[Cl-].[Cl-]. The number of fused-ring (bicyclic) bond motifs is 2. The summed E-state index contributed by atoms with van der Waals surface area (Å²) in [6.07, 6.45) is 0. The van der Waals surface area contributed by atoms with Gasteiger partial charge in [0.25, 0.3) is 0 Å². The Balaban J connectivity index is 0.000000296. The van der Waals surface area contributed by atoms with E-state index in [0.717, 1.165) is 0 Å². The van der Waals surface area contributed by atoms with Crippen molar-refractivity contribution < 1.29 is 48.1 Å². The zero-order chi connectivity index (χ0) is 34.7. The van der Waals surface area contributed by atoms with Crippen LogP contribution in [0.1, 0.15) is 62.8 Å². The third-order valence-corrected chi connectivity index (χ3v) is 10.9. The molecule has 0 bridgehead atoms. The topological polar surface area (TPSA) is 0 Å². The molecule has 0 saturated heterocycles. The summed E-state index contributed by atoms with van der Waals surface area (Å²) in [7, 11) is -1.22. The summed E-state index contributed by atoms with van der Waals surface area (Å²) in [6.45, 7) is 27.5. The van der Waals surface area contributed by atoms with Crippen LogP contribution in [0, 0.1) is 13.8 Å². The van der Waals surface area contributed by atoms with Gasteiger partial charge in [0.05, 0.1) is 8.07 Å². The summed E-state index contributed by atoms with van der Waals surface area (Å²) in [5, 5.41) is 7.01. The van der Waals surface area contributed by atoms with E-state index in [4.69, 9.17) is 0 Å². The van der Waals surface area contributed by atoms with E-state index in [2.05, 4.69) is 184 Å². The molecule has 0 fully saturated rings. The molecular weight excluding hydrogens is 747 g/mol. The molecule has 5 heteroatoms. The van der Waals surface area contributed by atoms with Gasteiger partial charge in [0.2, 0.25) is 0 Å². The third kappa shape index (κ3) is 11.2. The van der Waals surface area contributed by atoms with Crippen LogP contribution < -0.4 is 30.0 Å². The summed E-state index contributed by atoms with van der Waals surface area (Å²) in [5.41, 5.74) is 11.2. The Morgan fingerprint density at radius 1 is 0.694 bits per heavy atom. The summed E-state index contributed by atoms with van der Waals surface area (Å²) < 4.78 is 0. The standard InChI is InChI=1S/C21H25Si.C21H23.C2H6Si.2ClH.Zr/c1-15(2)18-13-17-7-6-8-20(21(17)14-18)16-9-11-19(12-10-16)22(3,4)5;1-14-12-19-15(2)6-11-18(20(19)13-14)16-7-9-17(10-8-16)21(3,4)5;1-3-2;;;/h6-15H,1-5H3;6-13H,1-5H3;1-2H3;2*1H;/q2*-1;;;;+2/p-2. The Hall–Kier alpha value is -2.00. The van der Waals surface area contributed by atoms with Gasteiger partial charge in [0, 0.05) is 0 Å². The average molecular weight is 801 g/mol. The van der Waals surface area contributed by atoms with Gasteiger partial charge < -0.3 is 24.8 Å². The van der Waals surface area contributed by atoms with Crippen molar-refractivity contribution in [1.82, 2.24) is 0 Å². The van der Waals surface area contributed by atoms with E-state index < -0.39 is 8.07 Å². The van der Waals surface area contributed by atoms with Crippen molar-refractivity contribution in [3.8, 4) is 22.3 Å². The number of rotatable bonds is 4. The Bertz CT molecular complexity index is 1960. The molecule has 0 N–H and O–H groups in total. The maximum atomic E-state index is 2.40. The fourth-order valence-electron chi connectivity index (χ4n) is 5.98. The summed E-state index contributed by atoms with van der Waals surface area (Å²) in [6, 6.07) is 38.7. The fourth-order valence-corrected chi connectivity index (χ4v) is 7.15. The summed E-state index contributed by atoms with van der Waals surface area (Å²) in [4.78, 5) is 0. The van der Waals surface area contributed by atoms with Crippen LogP contribution >= 0.6 is 0 Å². The number of halogens is 2. The fraction of sp³-hybridized carbons (Fsp3) is 0.318. The average Bonchev–Trinajstić information content (AvgIpc) is 3.61. The van der Waals surface area contributed by atoms with Gasteiger partial charge in [0.15, 0.2) is 0 Å². The zero-order valence-corrected chi connectivity index (χ0v) is 37.6. The molecule has 0 saturated carbocycles. The smallest absolute Gasteiger partial charge is 0.0132 e. The van der Waals surface area contributed by atoms with Crippen LogP contribution in [-0.2, 0) is 28.8 Å². The molecule has 0 nitrogen and oxygen atoms in total. The predicted octanol–water partition coefficient (Wildman–Crippen LogP) is 6.83. The molecule has 0 spiro atoms. The molecule has 0 amide bonds. The number of hydrogen-bond donors (Lipinski definition) is 0. The van der Waals surface area contributed by atoms with Gasteiger partial charge in [-0.3, -0.25) is 0 Å². The van der Waals surface area contributed by atoms with E-state index >= 15 is 0 Å². The van der Waals surface area contributed by atoms with E-state index in [0.29, 0.717) is 5.92 Å². The van der Waals surface area contributed by atoms with Crippen molar-refractivity contribution >= 4 is 40.2 Å². The molecule has 258 valence electrons. The minimum absolute atomic E-state index is 0. The maximum Gasteiger partial charge on any atom is -0.0132 e. The van der Waals surface area contributed by atoms with E-state index in [1.807, 2.05) is 0 Å². The first-order valence-corrected chi connectivity index (χ1v) is 26.7. The summed E-state index contributed by atoms with van der Waals surface area (Å²) >= 11 is 1.74. The molecule has 6 rings (SSSR count). The monoisotopic (exact) mass is 798 g/mol. The van der Waals surface area contributed by atoms with Crippen molar-refractivity contribution in [2.45, 2.75) is 92.5 Å². The van der Waals surface area contributed by atoms with E-state index in [1.165, 1.54) is 71.2 Å². The number of hydrogen-bond acceptors (Lipinski definition) is 0. The van der Waals surface area contributed by atoms with Gasteiger partial charge >= 0.3 is 41.9 Å². The molecule has 0 atom stereocenters. The number of aryl methyl sites for hydroxylation is 2. The van der Waals surface area contributed by atoms with Crippen LogP contribution in [0.2, 0.25) is 32.7 Å². The van der Waals surface area contributed by atoms with Crippen molar-refractivity contribution in [3.05, 3.63) is 125 Å². The van der Waals surface area contributed by atoms with Gasteiger partial charge in [-0.1, -0.05) is 145 Å². The van der Waals surface area contributed by atoms with Crippen LogP contribution in [0.4, 0.5) is 0 Å².